The minimum atomic E-state index is 0.542. The zero-order chi connectivity index (χ0) is 10.7. The van der Waals surface area contributed by atoms with Crippen molar-refractivity contribution in [2.24, 2.45) is 0 Å². The zero-order valence-electron chi connectivity index (χ0n) is 8.72. The Bertz CT molecular complexity index is 312. The standard InChI is InChI=1S/C11H15BrClN/c1-8(2)14(3)7-9-5-4-6-10(13)11(9)12/h4-6,8H,7H2,1-3H3. The van der Waals surface area contributed by atoms with Crippen molar-refractivity contribution in [3.63, 3.8) is 0 Å². The Morgan fingerprint density at radius 2 is 2.07 bits per heavy atom. The quantitative estimate of drug-likeness (QED) is 0.808. The van der Waals surface area contributed by atoms with Crippen molar-refractivity contribution in [1.29, 1.82) is 0 Å². The maximum atomic E-state index is 6.01. The summed E-state index contributed by atoms with van der Waals surface area (Å²) in [6, 6.07) is 6.51. The van der Waals surface area contributed by atoms with E-state index in [1.807, 2.05) is 12.1 Å². The minimum absolute atomic E-state index is 0.542. The lowest BCUT2D eigenvalue weighted by Crippen LogP contribution is -2.25. The van der Waals surface area contributed by atoms with Crippen LogP contribution in [0.1, 0.15) is 19.4 Å². The second kappa shape index (κ2) is 5.15. The molecule has 0 bridgehead atoms. The molecule has 0 saturated heterocycles. The summed E-state index contributed by atoms with van der Waals surface area (Å²) < 4.78 is 1.01. The van der Waals surface area contributed by atoms with E-state index in [2.05, 4.69) is 47.8 Å². The first-order valence-electron chi connectivity index (χ1n) is 4.65. The van der Waals surface area contributed by atoms with Crippen molar-refractivity contribution in [2.45, 2.75) is 26.4 Å². The molecule has 0 aromatic heterocycles. The van der Waals surface area contributed by atoms with E-state index in [0.29, 0.717) is 6.04 Å². The molecule has 0 unspecified atom stereocenters. The van der Waals surface area contributed by atoms with Gasteiger partial charge < -0.3 is 0 Å². The first kappa shape index (κ1) is 12.0. The molecule has 0 fully saturated rings. The van der Waals surface area contributed by atoms with Crippen molar-refractivity contribution < 1.29 is 0 Å². The van der Waals surface area contributed by atoms with Gasteiger partial charge in [-0.15, -0.1) is 0 Å². The first-order chi connectivity index (χ1) is 6.52. The van der Waals surface area contributed by atoms with E-state index in [0.717, 1.165) is 16.0 Å². The smallest absolute Gasteiger partial charge is 0.0551 e. The molecule has 0 heterocycles. The van der Waals surface area contributed by atoms with Gasteiger partial charge in [0.25, 0.3) is 0 Å². The first-order valence-corrected chi connectivity index (χ1v) is 5.82. The van der Waals surface area contributed by atoms with E-state index < -0.39 is 0 Å². The molecule has 3 heteroatoms. The summed E-state index contributed by atoms with van der Waals surface area (Å²) in [7, 11) is 2.11. The topological polar surface area (TPSA) is 3.24 Å². The number of nitrogens with zero attached hydrogens (tertiary/aromatic N) is 1. The third kappa shape index (κ3) is 2.97. The van der Waals surface area contributed by atoms with Gasteiger partial charge in [-0.1, -0.05) is 23.7 Å². The van der Waals surface area contributed by atoms with Crippen LogP contribution in [0.4, 0.5) is 0 Å². The fourth-order valence-electron chi connectivity index (χ4n) is 1.12. The molecule has 78 valence electrons. The molecule has 0 amide bonds. The van der Waals surface area contributed by atoms with Crippen molar-refractivity contribution in [2.75, 3.05) is 7.05 Å². The molecule has 0 N–H and O–H groups in total. The summed E-state index contributed by atoms with van der Waals surface area (Å²) in [6.07, 6.45) is 0. The van der Waals surface area contributed by atoms with E-state index in [4.69, 9.17) is 11.6 Å². The van der Waals surface area contributed by atoms with Crippen LogP contribution in [-0.4, -0.2) is 18.0 Å². The molecule has 0 atom stereocenters. The fourth-order valence-corrected chi connectivity index (χ4v) is 1.71. The summed E-state index contributed by atoms with van der Waals surface area (Å²) in [5, 5.41) is 0.777. The second-order valence-corrected chi connectivity index (χ2v) is 4.92. The summed E-state index contributed by atoms with van der Waals surface area (Å²) in [5.74, 6) is 0. The number of rotatable bonds is 3. The number of halogens is 2. The van der Waals surface area contributed by atoms with Crippen LogP contribution in [-0.2, 0) is 6.54 Å². The Morgan fingerprint density at radius 1 is 1.43 bits per heavy atom. The molecular formula is C11H15BrClN. The van der Waals surface area contributed by atoms with Gasteiger partial charge in [0.05, 0.1) is 5.02 Å². The van der Waals surface area contributed by atoms with Crippen molar-refractivity contribution in [3.05, 3.63) is 33.3 Å². The minimum Gasteiger partial charge on any atom is -0.300 e. The third-order valence-electron chi connectivity index (χ3n) is 2.33. The van der Waals surface area contributed by atoms with Crippen LogP contribution in [0, 0.1) is 0 Å². The average molecular weight is 277 g/mol. The van der Waals surface area contributed by atoms with Crippen LogP contribution in [0.5, 0.6) is 0 Å². The molecular weight excluding hydrogens is 261 g/mol. The molecule has 1 aromatic carbocycles. The lowest BCUT2D eigenvalue weighted by molar-refractivity contribution is 0.265. The summed E-state index contributed by atoms with van der Waals surface area (Å²) >= 11 is 9.51. The maximum absolute atomic E-state index is 6.01. The molecule has 0 radical (unpaired) electrons. The Hall–Kier alpha value is -0.0500. The maximum Gasteiger partial charge on any atom is 0.0551 e. The van der Waals surface area contributed by atoms with Crippen LogP contribution in [0.2, 0.25) is 5.02 Å². The summed E-state index contributed by atoms with van der Waals surface area (Å²) in [4.78, 5) is 2.27. The van der Waals surface area contributed by atoms with Gasteiger partial charge in [0.15, 0.2) is 0 Å². The molecule has 0 aliphatic carbocycles. The largest absolute Gasteiger partial charge is 0.300 e. The van der Waals surface area contributed by atoms with Crippen molar-refractivity contribution in [1.82, 2.24) is 4.90 Å². The highest BCUT2D eigenvalue weighted by molar-refractivity contribution is 9.10. The average Bonchev–Trinajstić information content (AvgIpc) is 2.12. The van der Waals surface area contributed by atoms with Crippen LogP contribution < -0.4 is 0 Å². The van der Waals surface area contributed by atoms with Gasteiger partial charge in [-0.05, 0) is 48.5 Å². The van der Waals surface area contributed by atoms with Gasteiger partial charge in [0.1, 0.15) is 0 Å². The van der Waals surface area contributed by atoms with Gasteiger partial charge >= 0.3 is 0 Å². The zero-order valence-corrected chi connectivity index (χ0v) is 11.1. The van der Waals surface area contributed by atoms with Crippen molar-refractivity contribution in [3.8, 4) is 0 Å². The van der Waals surface area contributed by atoms with E-state index in [1.54, 1.807) is 0 Å². The molecule has 14 heavy (non-hydrogen) atoms. The number of hydrogen-bond acceptors (Lipinski definition) is 1. The number of hydrogen-bond donors (Lipinski definition) is 0. The molecule has 0 aliphatic heterocycles. The number of benzene rings is 1. The van der Waals surface area contributed by atoms with Gasteiger partial charge in [-0.3, -0.25) is 4.90 Å². The molecule has 1 aromatic rings. The van der Waals surface area contributed by atoms with Gasteiger partial charge in [0.2, 0.25) is 0 Å². The van der Waals surface area contributed by atoms with Crippen LogP contribution in [0.25, 0.3) is 0 Å². The van der Waals surface area contributed by atoms with Gasteiger partial charge in [0, 0.05) is 17.1 Å². The van der Waals surface area contributed by atoms with Gasteiger partial charge in [-0.25, -0.2) is 0 Å². The Labute approximate surface area is 99.2 Å². The Morgan fingerprint density at radius 3 is 2.64 bits per heavy atom. The monoisotopic (exact) mass is 275 g/mol. The Balaban J connectivity index is 2.82. The highest BCUT2D eigenvalue weighted by Gasteiger charge is 2.08. The predicted molar refractivity (Wildman–Crippen MR) is 65.8 cm³/mol. The molecule has 0 saturated carbocycles. The van der Waals surface area contributed by atoms with Crippen LogP contribution in [0.15, 0.2) is 22.7 Å². The molecule has 0 spiro atoms. The highest BCUT2D eigenvalue weighted by Crippen LogP contribution is 2.27. The fraction of sp³-hybridized carbons (Fsp3) is 0.455. The second-order valence-electron chi connectivity index (χ2n) is 3.72. The van der Waals surface area contributed by atoms with Crippen molar-refractivity contribution >= 4 is 27.5 Å². The predicted octanol–water partition coefficient (Wildman–Crippen LogP) is 3.94. The van der Waals surface area contributed by atoms with Crippen LogP contribution >= 0.6 is 27.5 Å². The lowest BCUT2D eigenvalue weighted by atomic mass is 10.2. The molecule has 0 aliphatic rings. The third-order valence-corrected chi connectivity index (χ3v) is 3.81. The summed E-state index contributed by atoms with van der Waals surface area (Å²) in [6.45, 7) is 5.27. The summed E-state index contributed by atoms with van der Waals surface area (Å²) in [5.41, 5.74) is 1.23. The van der Waals surface area contributed by atoms with E-state index in [9.17, 15) is 0 Å². The van der Waals surface area contributed by atoms with E-state index in [-0.39, 0.29) is 0 Å². The lowest BCUT2D eigenvalue weighted by Gasteiger charge is -2.21. The molecule has 1 rings (SSSR count). The van der Waals surface area contributed by atoms with Crippen LogP contribution in [0.3, 0.4) is 0 Å². The Kier molecular flexibility index (Phi) is 4.42. The van der Waals surface area contributed by atoms with E-state index in [1.165, 1.54) is 5.56 Å². The normalized spacial score (nSPS) is 11.4. The molecule has 1 nitrogen and oxygen atoms in total. The highest BCUT2D eigenvalue weighted by atomic mass is 79.9. The van der Waals surface area contributed by atoms with Gasteiger partial charge in [-0.2, -0.15) is 0 Å². The van der Waals surface area contributed by atoms with E-state index >= 15 is 0 Å². The SMILES string of the molecule is CC(C)N(C)Cc1cccc(Cl)c1Br.